The molecule has 12 heteroatoms. The van der Waals surface area contributed by atoms with E-state index in [9.17, 15) is 13.2 Å². The predicted molar refractivity (Wildman–Crippen MR) is 97.8 cm³/mol. The van der Waals surface area contributed by atoms with Gasteiger partial charge in [0.25, 0.3) is 10.0 Å². The van der Waals surface area contributed by atoms with Crippen molar-refractivity contribution >= 4 is 51.6 Å². The molecular weight excluding hydrogens is 387 g/mol. The van der Waals surface area contributed by atoms with Crippen LogP contribution in [0.25, 0.3) is 0 Å². The van der Waals surface area contributed by atoms with Crippen molar-refractivity contribution in [3.05, 3.63) is 30.3 Å². The number of hydrogen-bond donors (Lipinski definition) is 2. The molecule has 2 amide bonds. The number of anilines is 1. The van der Waals surface area contributed by atoms with E-state index in [0.29, 0.717) is 0 Å². The molecule has 0 saturated heterocycles. The Hall–Kier alpha value is -2.08. The Morgan fingerprint density at radius 2 is 1.70 bits per heavy atom. The SMILES string of the molecule is CCOc1ccccc1S(=O)(=O)NC(=O)Nc1nc(OC)cc(OC)n1.[Na]. The van der Waals surface area contributed by atoms with Gasteiger partial charge in [0.05, 0.1) is 26.9 Å². The number of amides is 2. The number of hydrogen-bond acceptors (Lipinski definition) is 8. The van der Waals surface area contributed by atoms with Gasteiger partial charge < -0.3 is 14.2 Å². The minimum Gasteiger partial charge on any atom is -0.492 e. The Kier molecular flexibility index (Phi) is 8.76. The minimum absolute atomic E-state index is 0. The summed E-state index contributed by atoms with van der Waals surface area (Å²) in [6, 6.07) is 6.31. The molecule has 0 aliphatic carbocycles. The van der Waals surface area contributed by atoms with Crippen LogP contribution in [0, 0.1) is 0 Å². The van der Waals surface area contributed by atoms with E-state index in [1.165, 1.54) is 38.5 Å². The van der Waals surface area contributed by atoms with E-state index in [-0.39, 0.29) is 64.5 Å². The number of sulfonamides is 1. The third kappa shape index (κ3) is 6.24. The molecule has 0 aliphatic rings. The predicted octanol–water partition coefficient (Wildman–Crippen LogP) is 1.02. The molecular formula is C15H18N4NaO6S. The molecule has 1 aromatic carbocycles. The largest absolute Gasteiger partial charge is 0.492 e. The smallest absolute Gasteiger partial charge is 0.335 e. The van der Waals surface area contributed by atoms with Gasteiger partial charge in [-0.2, -0.15) is 9.97 Å². The summed E-state index contributed by atoms with van der Waals surface area (Å²) in [5, 5.41) is 2.22. The Labute approximate surface area is 179 Å². The molecule has 0 spiro atoms. The molecule has 2 rings (SSSR count). The van der Waals surface area contributed by atoms with Crippen molar-refractivity contribution in [2.45, 2.75) is 11.8 Å². The number of para-hydroxylation sites is 1. The molecule has 2 aromatic rings. The molecule has 1 radical (unpaired) electrons. The summed E-state index contributed by atoms with van der Waals surface area (Å²) in [5.74, 6) is 0.218. The zero-order valence-corrected chi connectivity index (χ0v) is 18.2. The van der Waals surface area contributed by atoms with Crippen LogP contribution in [0.1, 0.15) is 6.92 Å². The summed E-state index contributed by atoms with van der Waals surface area (Å²) >= 11 is 0. The summed E-state index contributed by atoms with van der Waals surface area (Å²) in [5.41, 5.74) is 0. The van der Waals surface area contributed by atoms with Crippen LogP contribution < -0.4 is 24.2 Å². The van der Waals surface area contributed by atoms with E-state index in [0.717, 1.165) is 0 Å². The number of carbonyl (C=O) groups is 1. The van der Waals surface area contributed by atoms with Gasteiger partial charge in [-0.05, 0) is 19.1 Å². The second kappa shape index (κ2) is 10.3. The first-order valence-electron chi connectivity index (χ1n) is 7.42. The van der Waals surface area contributed by atoms with Gasteiger partial charge in [-0.25, -0.2) is 17.9 Å². The Morgan fingerprint density at radius 3 is 2.26 bits per heavy atom. The number of nitrogens with one attached hydrogen (secondary N) is 2. The molecule has 0 unspecified atom stereocenters. The fourth-order valence-corrected chi connectivity index (χ4v) is 2.97. The van der Waals surface area contributed by atoms with Gasteiger partial charge in [-0.1, -0.05) is 12.1 Å². The molecule has 0 fully saturated rings. The second-order valence-corrected chi connectivity index (χ2v) is 6.37. The van der Waals surface area contributed by atoms with Crippen molar-refractivity contribution in [2.24, 2.45) is 0 Å². The van der Waals surface area contributed by atoms with Crippen LogP contribution in [0.3, 0.4) is 0 Å². The van der Waals surface area contributed by atoms with Crippen molar-refractivity contribution in [3.8, 4) is 17.5 Å². The van der Waals surface area contributed by atoms with Gasteiger partial charge in [0.15, 0.2) is 0 Å². The van der Waals surface area contributed by atoms with Crippen LogP contribution in [0.5, 0.6) is 17.5 Å². The fourth-order valence-electron chi connectivity index (χ4n) is 1.92. The maximum Gasteiger partial charge on any atom is 0.335 e. The third-order valence-electron chi connectivity index (χ3n) is 2.99. The van der Waals surface area contributed by atoms with Gasteiger partial charge in [-0.15, -0.1) is 0 Å². The van der Waals surface area contributed by atoms with Crippen LogP contribution >= 0.6 is 0 Å². The number of methoxy groups -OCH3 is 2. The number of nitrogens with zero attached hydrogens (tertiary/aromatic N) is 2. The number of benzene rings is 1. The van der Waals surface area contributed by atoms with Crippen LogP contribution in [-0.4, -0.2) is 74.8 Å². The summed E-state index contributed by atoms with van der Waals surface area (Å²) in [6.45, 7) is 1.99. The number of carbonyl (C=O) groups excluding carboxylic acids is 1. The molecule has 0 aliphatic heterocycles. The van der Waals surface area contributed by atoms with Crippen LogP contribution in [0.4, 0.5) is 10.7 Å². The number of rotatable bonds is 7. The summed E-state index contributed by atoms with van der Waals surface area (Å²) in [4.78, 5) is 19.7. The third-order valence-corrected chi connectivity index (χ3v) is 4.36. The first kappa shape index (κ1) is 23.0. The topological polar surface area (TPSA) is 129 Å². The number of urea groups is 1. The molecule has 0 bridgehead atoms. The van der Waals surface area contributed by atoms with Gasteiger partial charge >= 0.3 is 6.03 Å². The molecule has 0 atom stereocenters. The van der Waals surface area contributed by atoms with E-state index >= 15 is 0 Å². The van der Waals surface area contributed by atoms with Crippen molar-refractivity contribution in [2.75, 3.05) is 26.1 Å². The van der Waals surface area contributed by atoms with Crippen LogP contribution in [0.15, 0.2) is 35.2 Å². The molecule has 1 heterocycles. The normalized spacial score (nSPS) is 10.3. The maximum absolute atomic E-state index is 12.4. The van der Waals surface area contributed by atoms with Crippen LogP contribution in [0.2, 0.25) is 0 Å². The summed E-state index contributed by atoms with van der Waals surface area (Å²) in [7, 11) is -1.42. The standard InChI is InChI=1S/C15H18N4O6S.Na/c1-4-25-10-7-5-6-8-11(10)26(21,22)19-15(20)18-14-16-12(23-2)9-13(17-14)24-3;/h5-9H,4H2,1-3H3,(H2,16,17,18,19,20);. The Balaban J connectivity index is 0.00000364. The molecule has 141 valence electrons. The fraction of sp³-hybridized carbons (Fsp3) is 0.267. The zero-order valence-electron chi connectivity index (χ0n) is 15.3. The average molecular weight is 405 g/mol. The van der Waals surface area contributed by atoms with Crippen molar-refractivity contribution in [1.82, 2.24) is 14.7 Å². The Morgan fingerprint density at radius 1 is 1.11 bits per heavy atom. The Bertz CT molecular complexity index is 871. The van der Waals surface area contributed by atoms with Gasteiger partial charge in [0.1, 0.15) is 10.6 Å². The van der Waals surface area contributed by atoms with E-state index < -0.39 is 16.1 Å². The van der Waals surface area contributed by atoms with E-state index in [4.69, 9.17) is 14.2 Å². The van der Waals surface area contributed by atoms with Crippen molar-refractivity contribution in [3.63, 3.8) is 0 Å². The zero-order chi connectivity index (χ0) is 19.2. The molecule has 0 saturated carbocycles. The van der Waals surface area contributed by atoms with Crippen molar-refractivity contribution in [1.29, 1.82) is 0 Å². The molecule has 27 heavy (non-hydrogen) atoms. The summed E-state index contributed by atoms with van der Waals surface area (Å²) < 4.78 is 41.9. The first-order valence-corrected chi connectivity index (χ1v) is 8.90. The van der Waals surface area contributed by atoms with Gasteiger partial charge in [-0.3, -0.25) is 5.32 Å². The monoisotopic (exact) mass is 405 g/mol. The minimum atomic E-state index is -4.17. The summed E-state index contributed by atoms with van der Waals surface area (Å²) in [6.07, 6.45) is 0. The second-order valence-electron chi connectivity index (χ2n) is 4.72. The molecule has 1 aromatic heterocycles. The van der Waals surface area contributed by atoms with Gasteiger partial charge in [0.2, 0.25) is 17.7 Å². The average Bonchev–Trinajstić information content (AvgIpc) is 2.61. The molecule has 2 N–H and O–H groups in total. The van der Waals surface area contributed by atoms with Crippen LogP contribution in [-0.2, 0) is 10.0 Å². The molecule has 10 nitrogen and oxygen atoms in total. The first-order chi connectivity index (χ1) is 12.4. The maximum atomic E-state index is 12.4. The quantitative estimate of drug-likeness (QED) is 0.654. The van der Waals surface area contributed by atoms with E-state index in [2.05, 4.69) is 15.3 Å². The van der Waals surface area contributed by atoms with Crippen molar-refractivity contribution < 1.29 is 27.4 Å². The van der Waals surface area contributed by atoms with Gasteiger partial charge in [0, 0.05) is 29.6 Å². The number of aromatic nitrogens is 2. The van der Waals surface area contributed by atoms with E-state index in [1.807, 2.05) is 4.72 Å². The van der Waals surface area contributed by atoms with E-state index in [1.54, 1.807) is 13.0 Å². The number of ether oxygens (including phenoxy) is 3.